The number of benzene rings is 2. The average Bonchev–Trinajstić information content (AvgIpc) is 2.52. The monoisotopic (exact) mass is 379 g/mol. The smallest absolute Gasteiger partial charge is 0.252 e. The van der Waals surface area contributed by atoms with Crippen LogP contribution in [0.15, 0.2) is 53.0 Å². The van der Waals surface area contributed by atoms with Crippen molar-refractivity contribution in [1.82, 2.24) is 5.32 Å². The molecule has 0 fully saturated rings. The molecule has 0 spiro atoms. The summed E-state index contributed by atoms with van der Waals surface area (Å²) in [5.74, 6) is -0.753. The fourth-order valence-corrected chi connectivity index (χ4v) is 2.90. The van der Waals surface area contributed by atoms with Crippen LogP contribution in [0.4, 0.5) is 4.39 Å². The number of hydrogen-bond acceptors (Lipinski definition) is 2. The van der Waals surface area contributed by atoms with Gasteiger partial charge in [-0.2, -0.15) is 0 Å². The molecule has 23 heavy (non-hydrogen) atoms. The molecule has 2 N–H and O–H groups in total. The molecule has 0 aliphatic rings. The molecule has 5 heteroatoms. The summed E-state index contributed by atoms with van der Waals surface area (Å²) < 4.78 is 13.5. The first-order chi connectivity index (χ1) is 10.9. The SMILES string of the molecule is CC(C)[C@@H](NC(=O)c1ccc(F)cc1Br)[C@H](O)c1ccccc1. The van der Waals surface area contributed by atoms with Crippen LogP contribution in [0.1, 0.15) is 35.9 Å². The van der Waals surface area contributed by atoms with Gasteiger partial charge in [0.05, 0.1) is 17.7 Å². The van der Waals surface area contributed by atoms with E-state index >= 15 is 0 Å². The summed E-state index contributed by atoms with van der Waals surface area (Å²) in [6.45, 7) is 3.85. The summed E-state index contributed by atoms with van der Waals surface area (Å²) in [5, 5.41) is 13.4. The third-order valence-corrected chi connectivity index (χ3v) is 4.33. The number of nitrogens with one attached hydrogen (secondary N) is 1. The first-order valence-corrected chi connectivity index (χ1v) is 8.18. The van der Waals surface area contributed by atoms with E-state index in [1.807, 2.05) is 44.2 Å². The maximum atomic E-state index is 13.1. The molecule has 1 amide bonds. The van der Waals surface area contributed by atoms with Gasteiger partial charge < -0.3 is 10.4 Å². The summed E-state index contributed by atoms with van der Waals surface area (Å²) in [4.78, 5) is 12.5. The van der Waals surface area contributed by atoms with Gasteiger partial charge in [0.15, 0.2) is 0 Å². The van der Waals surface area contributed by atoms with Crippen LogP contribution in [0.5, 0.6) is 0 Å². The van der Waals surface area contributed by atoms with Crippen molar-refractivity contribution in [3.8, 4) is 0 Å². The van der Waals surface area contributed by atoms with Crippen molar-refractivity contribution in [2.45, 2.75) is 26.0 Å². The molecule has 0 heterocycles. The zero-order valence-corrected chi connectivity index (χ0v) is 14.5. The van der Waals surface area contributed by atoms with Crippen molar-refractivity contribution in [2.75, 3.05) is 0 Å². The van der Waals surface area contributed by atoms with E-state index in [2.05, 4.69) is 21.2 Å². The normalized spacial score (nSPS) is 13.7. The van der Waals surface area contributed by atoms with E-state index in [1.54, 1.807) is 0 Å². The Morgan fingerprint density at radius 1 is 1.17 bits per heavy atom. The Morgan fingerprint density at radius 3 is 2.39 bits per heavy atom. The van der Waals surface area contributed by atoms with Gasteiger partial charge in [0.1, 0.15) is 5.82 Å². The molecular formula is C18H19BrFNO2. The van der Waals surface area contributed by atoms with Gasteiger partial charge in [-0.15, -0.1) is 0 Å². The number of hydrogen-bond donors (Lipinski definition) is 2. The first kappa shape index (κ1) is 17.6. The molecule has 0 aromatic heterocycles. The lowest BCUT2D eigenvalue weighted by atomic mass is 9.93. The lowest BCUT2D eigenvalue weighted by Crippen LogP contribution is -2.43. The second kappa shape index (κ2) is 7.70. The van der Waals surface area contributed by atoms with E-state index in [0.717, 1.165) is 5.56 Å². The highest BCUT2D eigenvalue weighted by atomic mass is 79.9. The van der Waals surface area contributed by atoms with E-state index in [1.165, 1.54) is 18.2 Å². The highest BCUT2D eigenvalue weighted by Gasteiger charge is 2.26. The van der Waals surface area contributed by atoms with Crippen LogP contribution in [0, 0.1) is 11.7 Å². The minimum atomic E-state index is -0.820. The van der Waals surface area contributed by atoms with Gasteiger partial charge in [-0.1, -0.05) is 44.2 Å². The Kier molecular flexibility index (Phi) is 5.91. The topological polar surface area (TPSA) is 49.3 Å². The zero-order chi connectivity index (χ0) is 17.0. The quantitative estimate of drug-likeness (QED) is 0.822. The lowest BCUT2D eigenvalue weighted by molar-refractivity contribution is 0.0759. The minimum Gasteiger partial charge on any atom is -0.386 e. The summed E-state index contributed by atoms with van der Waals surface area (Å²) in [7, 11) is 0. The summed E-state index contributed by atoms with van der Waals surface area (Å²) in [5.41, 5.74) is 1.07. The predicted octanol–water partition coefficient (Wildman–Crippen LogP) is 4.08. The molecule has 0 radical (unpaired) electrons. The van der Waals surface area contributed by atoms with Gasteiger partial charge >= 0.3 is 0 Å². The second-order valence-electron chi connectivity index (χ2n) is 5.72. The predicted molar refractivity (Wildman–Crippen MR) is 91.6 cm³/mol. The van der Waals surface area contributed by atoms with E-state index < -0.39 is 18.0 Å². The fourth-order valence-electron chi connectivity index (χ4n) is 2.37. The fraction of sp³-hybridized carbons (Fsp3) is 0.278. The van der Waals surface area contributed by atoms with Crippen LogP contribution < -0.4 is 5.32 Å². The molecule has 122 valence electrons. The maximum absolute atomic E-state index is 13.1. The molecule has 0 saturated heterocycles. The zero-order valence-electron chi connectivity index (χ0n) is 13.0. The van der Waals surface area contributed by atoms with E-state index in [-0.39, 0.29) is 11.8 Å². The van der Waals surface area contributed by atoms with Crippen molar-refractivity contribution in [3.05, 3.63) is 69.9 Å². The van der Waals surface area contributed by atoms with Gasteiger partial charge in [-0.3, -0.25) is 4.79 Å². The first-order valence-electron chi connectivity index (χ1n) is 7.39. The van der Waals surface area contributed by atoms with Crippen molar-refractivity contribution in [2.24, 2.45) is 5.92 Å². The molecule has 2 atom stereocenters. The van der Waals surface area contributed by atoms with Crippen molar-refractivity contribution >= 4 is 21.8 Å². The molecule has 0 saturated carbocycles. The van der Waals surface area contributed by atoms with Crippen LogP contribution in [-0.2, 0) is 0 Å². The molecule has 0 aliphatic heterocycles. The number of aliphatic hydroxyl groups is 1. The Bertz CT molecular complexity index is 676. The lowest BCUT2D eigenvalue weighted by Gasteiger charge is -2.28. The third-order valence-electron chi connectivity index (χ3n) is 3.67. The number of aliphatic hydroxyl groups excluding tert-OH is 1. The molecule has 0 bridgehead atoms. The molecule has 2 rings (SSSR count). The molecule has 2 aromatic carbocycles. The van der Waals surface area contributed by atoms with Gasteiger partial charge in [0, 0.05) is 4.47 Å². The van der Waals surface area contributed by atoms with Crippen LogP contribution in [0.2, 0.25) is 0 Å². The highest BCUT2D eigenvalue weighted by molar-refractivity contribution is 9.10. The van der Waals surface area contributed by atoms with Crippen molar-refractivity contribution in [1.29, 1.82) is 0 Å². The van der Waals surface area contributed by atoms with Crippen LogP contribution >= 0.6 is 15.9 Å². The summed E-state index contributed by atoms with van der Waals surface area (Å²) >= 11 is 3.19. The highest BCUT2D eigenvalue weighted by Crippen LogP contribution is 2.23. The van der Waals surface area contributed by atoms with Crippen molar-refractivity contribution < 1.29 is 14.3 Å². The number of carbonyl (C=O) groups excluding carboxylic acids is 1. The van der Waals surface area contributed by atoms with E-state index in [4.69, 9.17) is 0 Å². The standard InChI is InChI=1S/C18H19BrFNO2/c1-11(2)16(17(22)12-6-4-3-5-7-12)21-18(23)14-9-8-13(20)10-15(14)19/h3-11,16-17,22H,1-2H3,(H,21,23)/t16-,17-/m1/s1. The van der Waals surface area contributed by atoms with E-state index in [9.17, 15) is 14.3 Å². The Labute approximate surface area is 143 Å². The Morgan fingerprint density at radius 2 is 1.83 bits per heavy atom. The largest absolute Gasteiger partial charge is 0.386 e. The molecule has 3 nitrogen and oxygen atoms in total. The molecule has 2 aromatic rings. The van der Waals surface area contributed by atoms with Crippen LogP contribution in [0.25, 0.3) is 0 Å². The molecule has 0 aliphatic carbocycles. The van der Waals surface area contributed by atoms with Crippen molar-refractivity contribution in [3.63, 3.8) is 0 Å². The van der Waals surface area contributed by atoms with E-state index in [0.29, 0.717) is 10.0 Å². The van der Waals surface area contributed by atoms with Crippen LogP contribution in [-0.4, -0.2) is 17.1 Å². The van der Waals surface area contributed by atoms with Crippen LogP contribution in [0.3, 0.4) is 0 Å². The Balaban J connectivity index is 2.21. The van der Waals surface area contributed by atoms with Gasteiger partial charge in [0.2, 0.25) is 0 Å². The maximum Gasteiger partial charge on any atom is 0.252 e. The Hall–Kier alpha value is -1.72. The molecular weight excluding hydrogens is 361 g/mol. The summed E-state index contributed by atoms with van der Waals surface area (Å²) in [6, 6.07) is 12.6. The van der Waals surface area contributed by atoms with Gasteiger partial charge in [0.25, 0.3) is 5.91 Å². The summed E-state index contributed by atoms with van der Waals surface area (Å²) in [6.07, 6.45) is -0.820. The van der Waals surface area contributed by atoms with Gasteiger partial charge in [-0.25, -0.2) is 4.39 Å². The average molecular weight is 380 g/mol. The number of rotatable bonds is 5. The van der Waals surface area contributed by atoms with Gasteiger partial charge in [-0.05, 0) is 45.6 Å². The number of amides is 1. The minimum absolute atomic E-state index is 0.0216. The molecule has 0 unspecified atom stereocenters. The third kappa shape index (κ3) is 4.39. The second-order valence-corrected chi connectivity index (χ2v) is 6.58. The number of halogens is 2. The number of carbonyl (C=O) groups is 1.